The molecule has 1 saturated heterocycles. The number of thioether (sulfide) groups is 1. The lowest BCUT2D eigenvalue weighted by atomic mass is 10.3. The smallest absolute Gasteiger partial charge is 0.0670 e. The van der Waals surface area contributed by atoms with Gasteiger partial charge in [0.1, 0.15) is 0 Å². The van der Waals surface area contributed by atoms with Gasteiger partial charge >= 0.3 is 0 Å². The van der Waals surface area contributed by atoms with Crippen LogP contribution in [0.4, 0.5) is 0 Å². The highest BCUT2D eigenvalue weighted by Crippen LogP contribution is 2.52. The summed E-state index contributed by atoms with van der Waals surface area (Å²) in [6, 6.07) is 0. The third-order valence-electron chi connectivity index (χ3n) is 1.75. The summed E-state index contributed by atoms with van der Waals surface area (Å²) in [5, 5.41) is 10.5. The second-order valence-electron chi connectivity index (χ2n) is 2.28. The van der Waals surface area contributed by atoms with Gasteiger partial charge in [-0.05, 0) is 12.8 Å². The molecular weight excluding hydrogens is 108 g/mol. The minimum atomic E-state index is 0.0509. The highest BCUT2D eigenvalue weighted by Gasteiger charge is 2.48. The first-order chi connectivity index (χ1) is 3.38. The van der Waals surface area contributed by atoms with E-state index in [1.165, 1.54) is 6.42 Å². The molecule has 0 aromatic carbocycles. The third kappa shape index (κ3) is 0.500. The fraction of sp³-hybridized carbons (Fsp3) is 1.00. The van der Waals surface area contributed by atoms with Crippen LogP contribution < -0.4 is 0 Å². The van der Waals surface area contributed by atoms with E-state index in [1.807, 2.05) is 11.8 Å². The molecule has 0 radical (unpaired) electrons. The Morgan fingerprint density at radius 1 is 1.43 bits per heavy atom. The first-order valence-electron chi connectivity index (χ1n) is 2.71. The normalized spacial score (nSPS) is 57.0. The first kappa shape index (κ1) is 4.21. The second-order valence-corrected chi connectivity index (χ2v) is 3.71. The maximum Gasteiger partial charge on any atom is 0.0670 e. The monoisotopic (exact) mass is 116 g/mol. The van der Waals surface area contributed by atoms with E-state index in [4.69, 9.17) is 5.11 Å². The average Bonchev–Trinajstić information content (AvgIpc) is 2.33. The molecule has 1 aliphatic heterocycles. The van der Waals surface area contributed by atoms with Gasteiger partial charge in [0.25, 0.3) is 0 Å². The van der Waals surface area contributed by atoms with Crippen LogP contribution in [0, 0.1) is 0 Å². The van der Waals surface area contributed by atoms with Gasteiger partial charge in [-0.3, -0.25) is 0 Å². The lowest BCUT2D eigenvalue weighted by Gasteiger charge is -1.96. The first-order valence-corrected chi connectivity index (χ1v) is 3.66. The molecule has 0 aromatic rings. The summed E-state index contributed by atoms with van der Waals surface area (Å²) in [5.41, 5.74) is 0. The van der Waals surface area contributed by atoms with E-state index in [0.29, 0.717) is 5.25 Å². The molecule has 2 aliphatic rings. The van der Waals surface area contributed by atoms with Crippen molar-refractivity contribution in [3.8, 4) is 0 Å². The fourth-order valence-corrected chi connectivity index (χ4v) is 2.45. The summed E-state index contributed by atoms with van der Waals surface area (Å²) in [5.74, 6) is 0. The maximum atomic E-state index is 9.02. The number of aliphatic hydroxyl groups is 1. The molecule has 1 N–H and O–H groups in total. The topological polar surface area (TPSA) is 20.2 Å². The molecule has 1 aliphatic carbocycles. The molecule has 0 aromatic heterocycles. The largest absolute Gasteiger partial charge is 0.392 e. The predicted molar refractivity (Wildman–Crippen MR) is 30.4 cm³/mol. The average molecular weight is 116 g/mol. The van der Waals surface area contributed by atoms with Crippen LogP contribution in [0.2, 0.25) is 0 Å². The molecule has 0 bridgehead atoms. The minimum Gasteiger partial charge on any atom is -0.392 e. The molecule has 1 nitrogen and oxygen atoms in total. The molecule has 0 spiro atoms. The highest BCUT2D eigenvalue weighted by molar-refractivity contribution is 8.07. The lowest BCUT2D eigenvalue weighted by molar-refractivity contribution is 0.192. The van der Waals surface area contributed by atoms with Crippen molar-refractivity contribution in [1.29, 1.82) is 0 Å². The van der Waals surface area contributed by atoms with Crippen LogP contribution in [0.3, 0.4) is 0 Å². The fourth-order valence-electron chi connectivity index (χ4n) is 1.23. The SMILES string of the molecule is O[C@@H]1CC[C@H]2S[C@H]12. The minimum absolute atomic E-state index is 0.0509. The van der Waals surface area contributed by atoms with Gasteiger partial charge in [0, 0.05) is 10.5 Å². The van der Waals surface area contributed by atoms with Crippen molar-refractivity contribution >= 4 is 11.8 Å². The molecule has 2 heteroatoms. The molecule has 1 saturated carbocycles. The number of aliphatic hydroxyl groups excluding tert-OH is 1. The quantitative estimate of drug-likeness (QED) is 0.468. The van der Waals surface area contributed by atoms with E-state index in [2.05, 4.69) is 0 Å². The van der Waals surface area contributed by atoms with Crippen molar-refractivity contribution in [3.63, 3.8) is 0 Å². The molecule has 0 amide bonds. The van der Waals surface area contributed by atoms with Crippen molar-refractivity contribution in [3.05, 3.63) is 0 Å². The van der Waals surface area contributed by atoms with E-state index in [-0.39, 0.29) is 6.10 Å². The van der Waals surface area contributed by atoms with Crippen LogP contribution in [0.25, 0.3) is 0 Å². The summed E-state index contributed by atoms with van der Waals surface area (Å²) >= 11 is 1.94. The number of hydrogen-bond donors (Lipinski definition) is 1. The Morgan fingerprint density at radius 3 is 2.43 bits per heavy atom. The van der Waals surface area contributed by atoms with Crippen molar-refractivity contribution in [1.82, 2.24) is 0 Å². The van der Waals surface area contributed by atoms with Gasteiger partial charge in [0.2, 0.25) is 0 Å². The molecule has 1 heterocycles. The van der Waals surface area contributed by atoms with Crippen molar-refractivity contribution in [2.45, 2.75) is 29.4 Å². The van der Waals surface area contributed by atoms with Crippen molar-refractivity contribution in [2.24, 2.45) is 0 Å². The number of hydrogen-bond acceptors (Lipinski definition) is 2. The molecule has 7 heavy (non-hydrogen) atoms. The predicted octanol–water partition coefficient (Wildman–Crippen LogP) is 0.625. The molecule has 2 rings (SSSR count). The van der Waals surface area contributed by atoms with Gasteiger partial charge < -0.3 is 5.11 Å². The maximum absolute atomic E-state index is 9.02. The van der Waals surface area contributed by atoms with Crippen molar-refractivity contribution in [2.75, 3.05) is 0 Å². The van der Waals surface area contributed by atoms with Crippen LogP contribution in [0.15, 0.2) is 0 Å². The van der Waals surface area contributed by atoms with Gasteiger partial charge in [-0.15, -0.1) is 0 Å². The molecule has 2 fully saturated rings. The van der Waals surface area contributed by atoms with Gasteiger partial charge in [-0.2, -0.15) is 11.8 Å². The van der Waals surface area contributed by atoms with Crippen LogP contribution in [0.5, 0.6) is 0 Å². The van der Waals surface area contributed by atoms with Crippen LogP contribution >= 0.6 is 11.8 Å². The number of fused-ring (bicyclic) bond motifs is 1. The highest BCUT2D eigenvalue weighted by atomic mass is 32.2. The van der Waals surface area contributed by atoms with Gasteiger partial charge in [-0.25, -0.2) is 0 Å². The van der Waals surface area contributed by atoms with Crippen LogP contribution in [0.1, 0.15) is 12.8 Å². The lowest BCUT2D eigenvalue weighted by Crippen LogP contribution is -2.06. The van der Waals surface area contributed by atoms with Crippen LogP contribution in [-0.4, -0.2) is 21.7 Å². The summed E-state index contributed by atoms with van der Waals surface area (Å²) in [4.78, 5) is 0. The molecule has 3 atom stereocenters. The zero-order valence-corrected chi connectivity index (χ0v) is 4.82. The van der Waals surface area contributed by atoms with E-state index >= 15 is 0 Å². The molecule has 0 unspecified atom stereocenters. The Labute approximate surface area is 47.1 Å². The zero-order valence-electron chi connectivity index (χ0n) is 4.00. The van der Waals surface area contributed by atoms with Crippen LogP contribution in [-0.2, 0) is 0 Å². The Kier molecular flexibility index (Phi) is 0.707. The Morgan fingerprint density at radius 2 is 2.29 bits per heavy atom. The molecule has 40 valence electrons. The zero-order chi connectivity index (χ0) is 4.85. The summed E-state index contributed by atoms with van der Waals surface area (Å²) in [7, 11) is 0. The number of rotatable bonds is 0. The molecular formula is C5H8OS. The van der Waals surface area contributed by atoms with E-state index < -0.39 is 0 Å². The Balaban J connectivity index is 2.08. The van der Waals surface area contributed by atoms with Gasteiger partial charge in [0.15, 0.2) is 0 Å². The van der Waals surface area contributed by atoms with E-state index in [1.54, 1.807) is 0 Å². The second kappa shape index (κ2) is 1.17. The van der Waals surface area contributed by atoms with E-state index in [9.17, 15) is 0 Å². The summed E-state index contributed by atoms with van der Waals surface area (Å²) in [6.07, 6.45) is 2.37. The van der Waals surface area contributed by atoms with Gasteiger partial charge in [-0.1, -0.05) is 0 Å². The Bertz CT molecular complexity index is 94.1. The standard InChI is InChI=1S/C5H8OS/c6-3-1-2-4-5(3)7-4/h3-6H,1-2H2/t3-,4-,5-/m1/s1. The summed E-state index contributed by atoms with van der Waals surface area (Å²) < 4.78 is 0. The summed E-state index contributed by atoms with van der Waals surface area (Å²) in [6.45, 7) is 0. The van der Waals surface area contributed by atoms with E-state index in [0.717, 1.165) is 11.7 Å². The van der Waals surface area contributed by atoms with Crippen molar-refractivity contribution < 1.29 is 5.11 Å². The third-order valence-corrected chi connectivity index (χ3v) is 3.27. The Hall–Kier alpha value is 0.310. The van der Waals surface area contributed by atoms with Gasteiger partial charge in [0.05, 0.1) is 6.10 Å².